The van der Waals surface area contributed by atoms with Crippen LogP contribution in [0.5, 0.6) is 11.5 Å². The first kappa shape index (κ1) is 35.2. The van der Waals surface area contributed by atoms with Crippen LogP contribution in [0.15, 0.2) is 129 Å². The number of nitrogens with zero attached hydrogens (tertiary/aromatic N) is 2. The number of hydrogen-bond donors (Lipinski definition) is 0. The lowest BCUT2D eigenvalue weighted by atomic mass is 9.96. The largest absolute Gasteiger partial charge is 0.494 e. The molecule has 4 aromatic carbocycles. The molecule has 0 saturated heterocycles. The molecular formula is C43H40BrFN2O2S. The number of fused-ring (bicyclic) bond motifs is 2. The Labute approximate surface area is 306 Å². The fraction of sp³-hybridized carbons (Fsp3) is 0.209. The minimum Gasteiger partial charge on any atom is -0.494 e. The minimum atomic E-state index is -0.227. The van der Waals surface area contributed by atoms with Crippen molar-refractivity contribution in [3.8, 4) is 11.5 Å². The molecule has 0 atom stereocenters. The van der Waals surface area contributed by atoms with E-state index in [4.69, 9.17) is 9.47 Å². The van der Waals surface area contributed by atoms with Gasteiger partial charge in [-0.05, 0) is 125 Å². The molecular weight excluding hydrogens is 707 g/mol. The molecule has 0 bridgehead atoms. The molecule has 0 N–H and O–H groups in total. The number of allylic oxidation sites excluding steroid dienone is 2. The number of unbranched alkanes of at least 4 members (excludes halogenated alkanes) is 1. The molecule has 0 fully saturated rings. The zero-order chi connectivity index (χ0) is 34.5. The van der Waals surface area contributed by atoms with Crippen LogP contribution >= 0.6 is 27.3 Å². The zero-order valence-electron chi connectivity index (χ0n) is 28.2. The number of thiophene rings is 1. The fourth-order valence-electron chi connectivity index (χ4n) is 5.71. The van der Waals surface area contributed by atoms with Gasteiger partial charge in [0.05, 0.1) is 18.0 Å². The summed E-state index contributed by atoms with van der Waals surface area (Å²) in [5, 5.41) is 2.09. The highest BCUT2D eigenvalue weighted by atomic mass is 79.9. The average Bonchev–Trinajstić information content (AvgIpc) is 3.58. The highest BCUT2D eigenvalue weighted by Gasteiger charge is 2.15. The Bertz CT molecular complexity index is 2010. The van der Waals surface area contributed by atoms with Gasteiger partial charge in [0.1, 0.15) is 23.9 Å². The summed E-state index contributed by atoms with van der Waals surface area (Å²) in [6.45, 7) is 5.10. The predicted octanol–water partition coefficient (Wildman–Crippen LogP) is 11.2. The van der Waals surface area contributed by atoms with E-state index in [-0.39, 0.29) is 5.82 Å². The smallest absolute Gasteiger partial charge is 0.130 e. The molecule has 5 aromatic rings. The van der Waals surface area contributed by atoms with Gasteiger partial charge >= 0.3 is 0 Å². The van der Waals surface area contributed by atoms with E-state index in [1.807, 2.05) is 42.5 Å². The van der Waals surface area contributed by atoms with Crippen molar-refractivity contribution >= 4 is 50.8 Å². The summed E-state index contributed by atoms with van der Waals surface area (Å²) in [6.07, 6.45) is 12.1. The Morgan fingerprint density at radius 2 is 1.38 bits per heavy atom. The van der Waals surface area contributed by atoms with Gasteiger partial charge in [-0.1, -0.05) is 61.9 Å². The molecule has 0 unspecified atom stereocenters. The predicted molar refractivity (Wildman–Crippen MR) is 211 cm³/mol. The number of aliphatic imine (C=N–C) groups is 2. The van der Waals surface area contributed by atoms with Gasteiger partial charge in [-0.2, -0.15) is 0 Å². The lowest BCUT2D eigenvalue weighted by Gasteiger charge is -2.16. The lowest BCUT2D eigenvalue weighted by molar-refractivity contribution is 0.306. The Morgan fingerprint density at radius 1 is 0.740 bits per heavy atom. The van der Waals surface area contributed by atoms with Crippen molar-refractivity contribution < 1.29 is 13.9 Å². The van der Waals surface area contributed by atoms with Gasteiger partial charge in [-0.25, -0.2) is 4.39 Å². The van der Waals surface area contributed by atoms with Gasteiger partial charge in [0.25, 0.3) is 0 Å². The molecule has 4 nitrogen and oxygen atoms in total. The number of rotatable bonds is 11. The second-order valence-electron chi connectivity index (χ2n) is 12.0. The molecule has 0 spiro atoms. The number of benzene rings is 4. The van der Waals surface area contributed by atoms with E-state index in [0.717, 1.165) is 83.9 Å². The summed E-state index contributed by atoms with van der Waals surface area (Å²) in [5.41, 5.74) is 8.52. The van der Waals surface area contributed by atoms with Crippen LogP contribution in [0.2, 0.25) is 0 Å². The second kappa shape index (κ2) is 17.9. The van der Waals surface area contributed by atoms with Crippen molar-refractivity contribution in [2.45, 2.75) is 39.2 Å². The number of ether oxygens (including phenoxy) is 2. The van der Waals surface area contributed by atoms with E-state index < -0.39 is 0 Å². The van der Waals surface area contributed by atoms with Crippen molar-refractivity contribution in [3.05, 3.63) is 163 Å². The topological polar surface area (TPSA) is 43.2 Å². The maximum Gasteiger partial charge on any atom is 0.130 e. The third kappa shape index (κ3) is 9.77. The highest BCUT2D eigenvalue weighted by molar-refractivity contribution is 9.10. The van der Waals surface area contributed by atoms with E-state index in [1.165, 1.54) is 27.6 Å². The van der Waals surface area contributed by atoms with Crippen LogP contribution in [0.3, 0.4) is 0 Å². The van der Waals surface area contributed by atoms with Crippen LogP contribution in [0, 0.1) is 5.82 Å². The normalized spacial score (nSPS) is 13.6. The highest BCUT2D eigenvalue weighted by Crippen LogP contribution is 2.26. The van der Waals surface area contributed by atoms with Gasteiger partial charge in [-0.15, -0.1) is 11.3 Å². The molecule has 2 aliphatic heterocycles. The van der Waals surface area contributed by atoms with E-state index in [2.05, 4.69) is 92.8 Å². The van der Waals surface area contributed by atoms with Crippen molar-refractivity contribution in [3.63, 3.8) is 0 Å². The van der Waals surface area contributed by atoms with Gasteiger partial charge < -0.3 is 9.47 Å². The Morgan fingerprint density at radius 3 is 2.02 bits per heavy atom. The molecule has 0 aliphatic carbocycles. The molecule has 7 rings (SSSR count). The lowest BCUT2D eigenvalue weighted by Crippen LogP contribution is -2.11. The molecule has 254 valence electrons. The first-order chi connectivity index (χ1) is 24.6. The molecule has 0 amide bonds. The summed E-state index contributed by atoms with van der Waals surface area (Å²) < 4.78 is 26.7. The van der Waals surface area contributed by atoms with Crippen LogP contribution in [0.1, 0.15) is 58.0 Å². The molecule has 3 heterocycles. The fourth-order valence-corrected chi connectivity index (χ4v) is 7.05. The van der Waals surface area contributed by atoms with E-state index in [9.17, 15) is 4.39 Å². The third-order valence-corrected chi connectivity index (χ3v) is 10.0. The van der Waals surface area contributed by atoms with Gasteiger partial charge in [0.15, 0.2) is 0 Å². The molecule has 50 heavy (non-hydrogen) atoms. The summed E-state index contributed by atoms with van der Waals surface area (Å²) in [5.74, 6) is 1.61. The quantitative estimate of drug-likeness (QED) is 0.126. The van der Waals surface area contributed by atoms with E-state index in [1.54, 1.807) is 29.5 Å². The first-order valence-corrected chi connectivity index (χ1v) is 18.7. The SMILES string of the molecule is CCCCOc1ccc2c(c1)CCN=C2/C=C/c1cc(Br)cs1.Fc1ccccc1C=CC1=NCCc2cc(OCc3ccccc3)ccc21. The van der Waals surface area contributed by atoms with Gasteiger partial charge in [0, 0.05) is 44.5 Å². The van der Waals surface area contributed by atoms with Crippen LogP contribution in [-0.2, 0) is 19.4 Å². The van der Waals surface area contributed by atoms with Crippen LogP contribution < -0.4 is 9.47 Å². The Balaban J connectivity index is 0.000000175. The molecule has 7 heteroatoms. The molecule has 2 aliphatic rings. The standard InChI is InChI=1S/C24H20FNO.C19H20BrNOS/c25-23-9-5-4-8-19(23)10-13-24-22-12-11-21(16-20(22)14-15-26-24)27-17-18-6-2-1-3-7-18;1-2-3-10-22-16-4-6-18-14(11-16)8-9-21-19(18)7-5-17-12-15(20)13-23-17/h1-13,16H,14-15,17H2;4-7,11-13H,2-3,8-10H2,1H3/b;7-5+. The Hall–Kier alpha value is -4.59. The molecule has 0 radical (unpaired) electrons. The zero-order valence-corrected chi connectivity index (χ0v) is 30.6. The summed E-state index contributed by atoms with van der Waals surface area (Å²) in [4.78, 5) is 10.5. The Kier molecular flexibility index (Phi) is 12.6. The van der Waals surface area contributed by atoms with Crippen LogP contribution in [-0.4, -0.2) is 31.1 Å². The van der Waals surface area contributed by atoms with Gasteiger partial charge in [0.2, 0.25) is 0 Å². The number of hydrogen-bond acceptors (Lipinski definition) is 5. The first-order valence-electron chi connectivity index (χ1n) is 17.1. The van der Waals surface area contributed by atoms with E-state index in [0.29, 0.717) is 12.2 Å². The average molecular weight is 748 g/mol. The van der Waals surface area contributed by atoms with Crippen LogP contribution in [0.25, 0.3) is 12.2 Å². The third-order valence-electron chi connectivity index (χ3n) is 8.37. The van der Waals surface area contributed by atoms with Crippen molar-refractivity contribution in [1.29, 1.82) is 0 Å². The van der Waals surface area contributed by atoms with E-state index >= 15 is 0 Å². The van der Waals surface area contributed by atoms with Crippen molar-refractivity contribution in [2.24, 2.45) is 9.98 Å². The summed E-state index contributed by atoms with van der Waals surface area (Å²) in [7, 11) is 0. The monoisotopic (exact) mass is 746 g/mol. The van der Waals surface area contributed by atoms with Gasteiger partial charge in [-0.3, -0.25) is 9.98 Å². The minimum absolute atomic E-state index is 0.227. The molecule has 0 saturated carbocycles. The summed E-state index contributed by atoms with van der Waals surface area (Å²) >= 11 is 5.21. The van der Waals surface area contributed by atoms with Crippen molar-refractivity contribution in [2.75, 3.05) is 19.7 Å². The van der Waals surface area contributed by atoms with Crippen LogP contribution in [0.4, 0.5) is 4.39 Å². The molecule has 1 aromatic heterocycles. The second-order valence-corrected chi connectivity index (χ2v) is 13.9. The number of halogens is 2. The maximum atomic E-state index is 13.8. The maximum absolute atomic E-state index is 13.8. The van der Waals surface area contributed by atoms with Crippen molar-refractivity contribution in [1.82, 2.24) is 0 Å². The summed E-state index contributed by atoms with van der Waals surface area (Å²) in [6, 6.07) is 31.5.